The Kier molecular flexibility index (Phi) is 6.46. The third-order valence-electron chi connectivity index (χ3n) is 5.32. The van der Waals surface area contributed by atoms with Crippen LogP contribution in [-0.2, 0) is 6.42 Å². The number of unbranched alkanes of at least 4 members (excludes halogenated alkanes) is 2. The number of aromatic hydroxyl groups is 2. The first-order chi connectivity index (χ1) is 12.3. The van der Waals surface area contributed by atoms with E-state index in [4.69, 9.17) is 0 Å². The smallest absolute Gasteiger partial charge is 0.314 e. The minimum absolute atomic E-state index is 0.0426. The van der Waals surface area contributed by atoms with E-state index in [0.717, 1.165) is 43.3 Å². The summed E-state index contributed by atoms with van der Waals surface area (Å²) in [5.41, 5.74) is 2.48. The summed E-state index contributed by atoms with van der Waals surface area (Å²) in [6.07, 6.45) is 6.97. The first-order valence-corrected chi connectivity index (χ1v) is 9.32. The molecule has 2 rings (SSSR count). The molecule has 0 heterocycles. The Hall–Kier alpha value is -2.30. The summed E-state index contributed by atoms with van der Waals surface area (Å²) in [6, 6.07) is 1.47. The van der Waals surface area contributed by atoms with Crippen molar-refractivity contribution in [1.82, 2.24) is 0 Å². The van der Waals surface area contributed by atoms with Gasteiger partial charge < -0.3 is 10.2 Å². The fourth-order valence-electron chi connectivity index (χ4n) is 3.91. The minimum Gasteiger partial charge on any atom is -0.507 e. The minimum atomic E-state index is -0.533. The second-order valence-corrected chi connectivity index (χ2v) is 7.41. The average Bonchev–Trinajstić information content (AvgIpc) is 2.54. The van der Waals surface area contributed by atoms with Crippen LogP contribution < -0.4 is 0 Å². The summed E-state index contributed by atoms with van der Waals surface area (Å²) in [6.45, 7) is 10.0. The summed E-state index contributed by atoms with van der Waals surface area (Å²) in [5.74, 6) is -0.726. The van der Waals surface area contributed by atoms with Crippen LogP contribution in [0.4, 0.5) is 5.69 Å². The molecule has 0 spiro atoms. The zero-order chi connectivity index (χ0) is 19.4. The number of phenolic OH excluding ortho intramolecular Hbond substituents is 2. The number of hydrogen-bond donors (Lipinski definition) is 2. The molecule has 2 atom stereocenters. The lowest BCUT2D eigenvalue weighted by atomic mass is 9.73. The van der Waals surface area contributed by atoms with Crippen molar-refractivity contribution in [2.45, 2.75) is 65.2 Å². The van der Waals surface area contributed by atoms with Gasteiger partial charge in [-0.15, -0.1) is 0 Å². The van der Waals surface area contributed by atoms with E-state index in [2.05, 4.69) is 13.5 Å². The molecule has 1 aromatic carbocycles. The molecule has 0 saturated heterocycles. The molecule has 26 heavy (non-hydrogen) atoms. The van der Waals surface area contributed by atoms with Crippen LogP contribution in [0.5, 0.6) is 11.5 Å². The van der Waals surface area contributed by atoms with Crippen LogP contribution in [0.25, 0.3) is 0 Å². The first-order valence-electron chi connectivity index (χ1n) is 9.32. The highest BCUT2D eigenvalue weighted by Gasteiger charge is 2.34. The maximum atomic E-state index is 11.6. The number of benzene rings is 1. The van der Waals surface area contributed by atoms with Crippen molar-refractivity contribution in [2.24, 2.45) is 5.92 Å². The van der Waals surface area contributed by atoms with Crippen molar-refractivity contribution < 1.29 is 15.1 Å². The quantitative estimate of drug-likeness (QED) is 0.281. The molecule has 0 amide bonds. The van der Waals surface area contributed by atoms with E-state index in [0.29, 0.717) is 12.0 Å². The summed E-state index contributed by atoms with van der Waals surface area (Å²) in [7, 11) is 0. The maximum Gasteiger partial charge on any atom is 0.314 e. The highest BCUT2D eigenvalue weighted by Crippen LogP contribution is 2.50. The number of nitro benzene ring substituents is 1. The predicted octanol–water partition coefficient (Wildman–Crippen LogP) is 5.75. The van der Waals surface area contributed by atoms with Crippen LogP contribution in [0.15, 0.2) is 29.9 Å². The highest BCUT2D eigenvalue weighted by molar-refractivity contribution is 5.64. The number of rotatable bonds is 7. The van der Waals surface area contributed by atoms with Crippen molar-refractivity contribution in [3.8, 4) is 11.5 Å². The number of nitro groups is 1. The lowest BCUT2D eigenvalue weighted by Gasteiger charge is -2.31. The van der Waals surface area contributed by atoms with E-state index in [9.17, 15) is 20.3 Å². The molecule has 0 saturated carbocycles. The third-order valence-corrected chi connectivity index (χ3v) is 5.32. The van der Waals surface area contributed by atoms with Gasteiger partial charge in [-0.05, 0) is 51.5 Å². The van der Waals surface area contributed by atoms with Gasteiger partial charge in [0.25, 0.3) is 0 Å². The molecule has 5 nitrogen and oxygen atoms in total. The average molecular weight is 359 g/mol. The normalized spacial score (nSPS) is 19.9. The fourth-order valence-corrected chi connectivity index (χ4v) is 3.91. The zero-order valence-corrected chi connectivity index (χ0v) is 15.9. The second-order valence-electron chi connectivity index (χ2n) is 7.41. The summed E-state index contributed by atoms with van der Waals surface area (Å²) in [4.78, 5) is 11.1. The summed E-state index contributed by atoms with van der Waals surface area (Å²) < 4.78 is 0. The van der Waals surface area contributed by atoms with Crippen LogP contribution in [0.1, 0.15) is 69.9 Å². The number of aryl methyl sites for hydroxylation is 1. The molecule has 1 aliphatic rings. The van der Waals surface area contributed by atoms with Crippen molar-refractivity contribution in [3.05, 3.63) is 51.1 Å². The largest absolute Gasteiger partial charge is 0.507 e. The lowest BCUT2D eigenvalue weighted by molar-refractivity contribution is -0.386. The van der Waals surface area contributed by atoms with Gasteiger partial charge in [-0.1, -0.05) is 43.6 Å². The Bertz CT molecular complexity index is 736. The molecule has 0 radical (unpaired) electrons. The van der Waals surface area contributed by atoms with Gasteiger partial charge in [0.2, 0.25) is 5.75 Å². The fraction of sp³-hybridized carbons (Fsp3) is 0.524. The van der Waals surface area contributed by atoms with E-state index in [1.807, 2.05) is 19.9 Å². The maximum absolute atomic E-state index is 11.6. The molecule has 1 aromatic rings. The van der Waals surface area contributed by atoms with Gasteiger partial charge in [-0.3, -0.25) is 10.1 Å². The van der Waals surface area contributed by atoms with Gasteiger partial charge in [0.15, 0.2) is 0 Å². The third kappa shape index (κ3) is 4.09. The molecular formula is C21H29NO4. The topological polar surface area (TPSA) is 83.6 Å². The van der Waals surface area contributed by atoms with Crippen molar-refractivity contribution >= 4 is 5.69 Å². The molecule has 2 unspecified atom stereocenters. The second kappa shape index (κ2) is 8.39. The SMILES string of the molecule is C=C(C)C1CCC(C)=CC1c1c(O)cc(CCCCC)c([N+](=O)[O-])c1O. The van der Waals surface area contributed by atoms with Gasteiger partial charge in [-0.2, -0.15) is 0 Å². The summed E-state index contributed by atoms with van der Waals surface area (Å²) >= 11 is 0. The molecule has 0 fully saturated rings. The standard InChI is InChI=1S/C21H29NO4/c1-5-6-7-8-15-12-18(23)19(21(24)20(15)22(25)26)17-11-14(4)9-10-16(17)13(2)3/h11-12,16-17,23-24H,2,5-10H2,1,3-4H3. The Morgan fingerprint density at radius 2 is 2.08 bits per heavy atom. The predicted molar refractivity (Wildman–Crippen MR) is 104 cm³/mol. The molecule has 5 heteroatoms. The van der Waals surface area contributed by atoms with E-state index in [1.54, 1.807) is 0 Å². The lowest BCUT2D eigenvalue weighted by Crippen LogP contribution is -2.17. The molecule has 142 valence electrons. The van der Waals surface area contributed by atoms with Crippen LogP contribution in [-0.4, -0.2) is 15.1 Å². The molecule has 0 aromatic heterocycles. The Morgan fingerprint density at radius 3 is 2.65 bits per heavy atom. The van der Waals surface area contributed by atoms with Crippen LogP contribution in [0.2, 0.25) is 0 Å². The zero-order valence-electron chi connectivity index (χ0n) is 15.9. The number of nitrogens with zero attached hydrogens (tertiary/aromatic N) is 1. The molecule has 0 bridgehead atoms. The number of allylic oxidation sites excluding steroid dienone is 3. The van der Waals surface area contributed by atoms with Crippen LogP contribution in [0, 0.1) is 16.0 Å². The van der Waals surface area contributed by atoms with Gasteiger partial charge in [0.05, 0.1) is 10.5 Å². The molecule has 2 N–H and O–H groups in total. The number of phenols is 2. The Labute approximate surface area is 155 Å². The number of hydrogen-bond acceptors (Lipinski definition) is 4. The van der Waals surface area contributed by atoms with Crippen molar-refractivity contribution in [1.29, 1.82) is 0 Å². The molecule has 1 aliphatic carbocycles. The molecular weight excluding hydrogens is 330 g/mol. The van der Waals surface area contributed by atoms with Gasteiger partial charge in [0, 0.05) is 11.5 Å². The highest BCUT2D eigenvalue weighted by atomic mass is 16.6. The Morgan fingerprint density at radius 1 is 1.38 bits per heavy atom. The van der Waals surface area contributed by atoms with E-state index < -0.39 is 10.7 Å². The molecule has 0 aliphatic heterocycles. The van der Waals surface area contributed by atoms with E-state index >= 15 is 0 Å². The van der Waals surface area contributed by atoms with Gasteiger partial charge >= 0.3 is 5.69 Å². The van der Waals surface area contributed by atoms with E-state index in [-0.39, 0.29) is 28.8 Å². The van der Waals surface area contributed by atoms with Gasteiger partial charge in [-0.25, -0.2) is 0 Å². The summed E-state index contributed by atoms with van der Waals surface area (Å²) in [5, 5.41) is 33.0. The first kappa shape index (κ1) is 20.0. The van der Waals surface area contributed by atoms with Crippen LogP contribution >= 0.6 is 0 Å². The van der Waals surface area contributed by atoms with Gasteiger partial charge in [0.1, 0.15) is 5.75 Å². The monoisotopic (exact) mass is 359 g/mol. The van der Waals surface area contributed by atoms with Crippen LogP contribution in [0.3, 0.4) is 0 Å². The van der Waals surface area contributed by atoms with E-state index in [1.165, 1.54) is 6.07 Å². The Balaban J connectivity index is 2.58. The van der Waals surface area contributed by atoms with Crippen molar-refractivity contribution in [3.63, 3.8) is 0 Å². The van der Waals surface area contributed by atoms with Crippen molar-refractivity contribution in [2.75, 3.05) is 0 Å².